The average molecular weight is 363 g/mol. The number of phenolic OH excluding ortho intramolecular Hbond substituents is 1. The summed E-state index contributed by atoms with van der Waals surface area (Å²) in [5, 5.41) is 11.7. The number of phenols is 1. The molecule has 138 valence electrons. The Labute approximate surface area is 162 Å². The van der Waals surface area contributed by atoms with Crippen molar-refractivity contribution in [2.45, 2.75) is 25.1 Å². The Morgan fingerprint density at radius 3 is 2.59 bits per heavy atom. The van der Waals surface area contributed by atoms with Gasteiger partial charge in [0.15, 0.2) is 0 Å². The molecule has 3 heterocycles. The predicted molar refractivity (Wildman–Crippen MR) is 108 cm³/mol. The van der Waals surface area contributed by atoms with Gasteiger partial charge in [0.2, 0.25) is 5.88 Å². The van der Waals surface area contributed by atoms with E-state index in [2.05, 4.69) is 10.3 Å². The lowest BCUT2D eigenvalue weighted by Gasteiger charge is -2.45. The molecule has 1 saturated heterocycles. The van der Waals surface area contributed by atoms with Crippen molar-refractivity contribution in [1.29, 1.82) is 0 Å². The average Bonchev–Trinajstić information content (AvgIpc) is 3.21. The number of anilines is 2. The molecule has 2 N–H and O–H groups in total. The molecule has 0 unspecified atom stereocenters. The van der Waals surface area contributed by atoms with E-state index in [1.807, 2.05) is 13.0 Å². The van der Waals surface area contributed by atoms with Gasteiger partial charge in [-0.1, -0.05) is 0 Å². The summed E-state index contributed by atoms with van der Waals surface area (Å²) >= 11 is 0. The second-order valence-corrected chi connectivity index (χ2v) is 6.74. The fourth-order valence-corrected chi connectivity index (χ4v) is 3.17. The molecular formula is C19H23B2N3O3. The van der Waals surface area contributed by atoms with Gasteiger partial charge in [0.05, 0.1) is 47.0 Å². The smallest absolute Gasteiger partial charge is 0.216 e. The molecular weight excluding hydrogens is 340 g/mol. The molecule has 8 heteroatoms. The van der Waals surface area contributed by atoms with Gasteiger partial charge in [-0.15, -0.1) is 0 Å². The summed E-state index contributed by atoms with van der Waals surface area (Å²) in [6, 6.07) is 6.66. The number of benzene rings is 1. The zero-order valence-corrected chi connectivity index (χ0v) is 15.7. The monoisotopic (exact) mass is 363 g/mol. The number of methoxy groups -OCH3 is 1. The third-order valence-corrected chi connectivity index (χ3v) is 4.48. The van der Waals surface area contributed by atoms with Crippen LogP contribution in [-0.4, -0.2) is 57.9 Å². The molecule has 2 aliphatic heterocycles. The van der Waals surface area contributed by atoms with Gasteiger partial charge in [0.25, 0.3) is 0 Å². The lowest BCUT2D eigenvalue weighted by molar-refractivity contribution is 0.285. The van der Waals surface area contributed by atoms with Crippen LogP contribution < -0.4 is 19.7 Å². The Hall–Kier alpha value is -2.34. The molecule has 1 aromatic carbocycles. The molecule has 0 saturated carbocycles. The first kappa shape index (κ1) is 19.4. The first-order chi connectivity index (χ1) is 12.9. The van der Waals surface area contributed by atoms with Crippen molar-refractivity contribution in [2.75, 3.05) is 31.7 Å². The van der Waals surface area contributed by atoms with Crippen LogP contribution in [0.4, 0.5) is 11.4 Å². The van der Waals surface area contributed by atoms with Crippen LogP contribution in [0, 0.1) is 6.92 Å². The van der Waals surface area contributed by atoms with Gasteiger partial charge in [-0.3, -0.25) is 0 Å². The quantitative estimate of drug-likeness (QED) is 0.796. The first-order valence-electron chi connectivity index (χ1n) is 8.97. The molecule has 0 atom stereocenters. The summed E-state index contributed by atoms with van der Waals surface area (Å²) < 4.78 is 10.7. The van der Waals surface area contributed by atoms with E-state index in [4.69, 9.17) is 25.2 Å². The number of hydrogen-bond donors (Lipinski definition) is 2. The Kier molecular flexibility index (Phi) is 5.85. The van der Waals surface area contributed by atoms with E-state index in [-0.39, 0.29) is 12.4 Å². The molecule has 0 bridgehead atoms. The normalized spacial score (nSPS) is 17.3. The minimum Gasteiger partial charge on any atom is -0.508 e. The number of rotatable bonds is 2. The highest BCUT2D eigenvalue weighted by Gasteiger charge is 2.35. The van der Waals surface area contributed by atoms with E-state index >= 15 is 0 Å². The summed E-state index contributed by atoms with van der Waals surface area (Å²) in [4.78, 5) is 5.95. The Bertz CT molecular complexity index is 790. The minimum atomic E-state index is -1.26. The van der Waals surface area contributed by atoms with Crippen LogP contribution in [0.25, 0.3) is 0 Å². The Morgan fingerprint density at radius 2 is 2.00 bits per heavy atom. The van der Waals surface area contributed by atoms with Gasteiger partial charge in [0, 0.05) is 17.0 Å². The van der Waals surface area contributed by atoms with Crippen molar-refractivity contribution in [1.82, 2.24) is 10.3 Å². The first-order valence-corrected chi connectivity index (χ1v) is 8.97. The number of nitrogens with one attached hydrogen (secondary N) is 1. The largest absolute Gasteiger partial charge is 0.508 e. The number of aromatic hydroxyl groups is 1. The summed E-state index contributed by atoms with van der Waals surface area (Å²) in [6.07, 6.45) is 4.40. The number of aromatic nitrogens is 1. The van der Waals surface area contributed by atoms with Crippen molar-refractivity contribution in [3.05, 3.63) is 36.0 Å². The van der Waals surface area contributed by atoms with Gasteiger partial charge in [-0.05, 0) is 51.1 Å². The van der Waals surface area contributed by atoms with Crippen LogP contribution >= 0.6 is 0 Å². The van der Waals surface area contributed by atoms with Crippen LogP contribution in [0.15, 0.2) is 30.5 Å². The zero-order chi connectivity index (χ0) is 19.4. The highest BCUT2D eigenvalue weighted by molar-refractivity contribution is 6.43. The fraction of sp³-hybridized carbons (Fsp3) is 0.421. The van der Waals surface area contributed by atoms with Gasteiger partial charge in [-0.25, -0.2) is 4.98 Å². The van der Waals surface area contributed by atoms with E-state index in [0.29, 0.717) is 23.0 Å². The predicted octanol–water partition coefficient (Wildman–Crippen LogP) is 2.00. The number of ether oxygens (including phenoxy) is 2. The van der Waals surface area contributed by atoms with Crippen LogP contribution in [0.1, 0.15) is 18.4 Å². The third kappa shape index (κ3) is 4.33. The number of aryl methyl sites for hydroxylation is 1. The molecule has 1 aromatic heterocycles. The van der Waals surface area contributed by atoms with Crippen molar-refractivity contribution in [3.63, 3.8) is 0 Å². The maximum absolute atomic E-state index is 9.76. The van der Waals surface area contributed by atoms with Crippen LogP contribution in [-0.2, 0) is 0 Å². The molecule has 6 nitrogen and oxygen atoms in total. The van der Waals surface area contributed by atoms with Crippen LogP contribution in [0.3, 0.4) is 0 Å². The molecule has 0 amide bonds. The van der Waals surface area contributed by atoms with Gasteiger partial charge in [0.1, 0.15) is 11.5 Å². The molecule has 27 heavy (non-hydrogen) atoms. The molecule has 4 rings (SSSR count). The summed E-state index contributed by atoms with van der Waals surface area (Å²) in [5.74, 6) is 1.23. The van der Waals surface area contributed by atoms with E-state index < -0.39 is 5.34 Å². The SMILES string of the molecule is C1CCNC1.[B]C1([B])COc2ccc(O)cc2N1c1cnc(OC)c(C)c1. The van der Waals surface area contributed by atoms with E-state index in [9.17, 15) is 5.11 Å². The van der Waals surface area contributed by atoms with E-state index in [1.54, 1.807) is 36.4 Å². The van der Waals surface area contributed by atoms with Gasteiger partial charge in [-0.2, -0.15) is 0 Å². The van der Waals surface area contributed by atoms with Gasteiger partial charge < -0.3 is 24.8 Å². The molecule has 0 spiro atoms. The molecule has 0 aliphatic carbocycles. The number of pyridine rings is 1. The lowest BCUT2D eigenvalue weighted by Crippen LogP contribution is -2.54. The molecule has 4 radical (unpaired) electrons. The van der Waals surface area contributed by atoms with Crippen LogP contribution in [0.2, 0.25) is 0 Å². The topological polar surface area (TPSA) is 66.8 Å². The van der Waals surface area contributed by atoms with Crippen molar-refractivity contribution in [2.24, 2.45) is 0 Å². The maximum Gasteiger partial charge on any atom is 0.216 e. The van der Waals surface area contributed by atoms with Gasteiger partial charge >= 0.3 is 0 Å². The molecule has 2 aromatic rings. The third-order valence-electron chi connectivity index (χ3n) is 4.48. The van der Waals surface area contributed by atoms with E-state index in [0.717, 1.165) is 5.56 Å². The van der Waals surface area contributed by atoms with Crippen molar-refractivity contribution < 1.29 is 14.6 Å². The fourth-order valence-electron chi connectivity index (χ4n) is 3.17. The van der Waals surface area contributed by atoms with Crippen molar-refractivity contribution in [3.8, 4) is 17.4 Å². The molecule has 2 aliphatic rings. The van der Waals surface area contributed by atoms with Crippen LogP contribution in [0.5, 0.6) is 17.4 Å². The minimum absolute atomic E-state index is 0.100. The summed E-state index contributed by atoms with van der Waals surface area (Å²) in [5.41, 5.74) is 2.13. The number of hydrogen-bond acceptors (Lipinski definition) is 6. The second-order valence-electron chi connectivity index (χ2n) is 6.74. The number of fused-ring (bicyclic) bond motifs is 1. The summed E-state index contributed by atoms with van der Waals surface area (Å²) in [6.45, 7) is 4.49. The standard InChI is InChI=1S/C15H14B2N2O3.C4H9N/c1-9-5-10(7-18-14(9)21-2)19-12-6-11(20)3-4-13(12)22-8-15(19,16)17;1-2-4-5-3-1/h3-7,20H,8H2,1-2H3;5H,1-4H2. The summed E-state index contributed by atoms with van der Waals surface area (Å²) in [7, 11) is 13.9. The van der Waals surface area contributed by atoms with Crippen molar-refractivity contribution >= 4 is 27.1 Å². The maximum atomic E-state index is 9.76. The van der Waals surface area contributed by atoms with E-state index in [1.165, 1.54) is 25.9 Å². The lowest BCUT2D eigenvalue weighted by atomic mass is 9.60. The second kappa shape index (κ2) is 8.13. The molecule has 1 fully saturated rings. The highest BCUT2D eigenvalue weighted by Crippen LogP contribution is 2.43. The zero-order valence-electron chi connectivity index (χ0n) is 15.7. The highest BCUT2D eigenvalue weighted by atomic mass is 16.5. The Morgan fingerprint density at radius 1 is 1.26 bits per heavy atom. The number of nitrogens with zero attached hydrogens (tertiary/aromatic N) is 2. The Balaban J connectivity index is 0.000000364.